The van der Waals surface area contributed by atoms with E-state index in [0.29, 0.717) is 5.02 Å². The van der Waals surface area contributed by atoms with Crippen molar-refractivity contribution in [3.05, 3.63) is 31.4 Å². The Morgan fingerprint density at radius 2 is 2.15 bits per heavy atom. The molecule has 1 aromatic carbocycles. The summed E-state index contributed by atoms with van der Waals surface area (Å²) in [5, 5.41) is 1.43. The van der Waals surface area contributed by atoms with Gasteiger partial charge in [0.1, 0.15) is 5.82 Å². The SMILES string of the molecule is Cc1sc2c(Cl)cc(F)cc2c1I. The first-order valence-electron chi connectivity index (χ1n) is 3.63. The van der Waals surface area contributed by atoms with E-state index in [1.54, 1.807) is 11.3 Å². The molecule has 0 spiro atoms. The Bertz CT molecular complexity index is 478. The normalized spacial score (nSPS) is 11.1. The number of rotatable bonds is 0. The molecular formula is C9H5ClFIS. The Labute approximate surface area is 97.8 Å². The van der Waals surface area contributed by atoms with E-state index in [2.05, 4.69) is 22.6 Å². The van der Waals surface area contributed by atoms with Crippen LogP contribution in [0.5, 0.6) is 0 Å². The molecule has 0 saturated heterocycles. The highest BCUT2D eigenvalue weighted by atomic mass is 127. The Balaban J connectivity index is 2.94. The minimum atomic E-state index is -0.270. The maximum atomic E-state index is 13.0. The molecule has 0 aliphatic heterocycles. The van der Waals surface area contributed by atoms with Gasteiger partial charge in [-0.2, -0.15) is 0 Å². The van der Waals surface area contributed by atoms with Gasteiger partial charge in [-0.1, -0.05) is 11.6 Å². The predicted molar refractivity (Wildman–Crippen MR) is 64.2 cm³/mol. The number of hydrogen-bond acceptors (Lipinski definition) is 1. The molecule has 0 amide bonds. The third-order valence-electron chi connectivity index (χ3n) is 1.81. The van der Waals surface area contributed by atoms with Crippen LogP contribution < -0.4 is 0 Å². The Morgan fingerprint density at radius 3 is 2.85 bits per heavy atom. The molecule has 13 heavy (non-hydrogen) atoms. The van der Waals surface area contributed by atoms with Crippen molar-refractivity contribution in [2.24, 2.45) is 0 Å². The number of fused-ring (bicyclic) bond motifs is 1. The third-order valence-corrected chi connectivity index (χ3v) is 5.13. The maximum Gasteiger partial charge on any atom is 0.125 e. The summed E-state index contributed by atoms with van der Waals surface area (Å²) in [6, 6.07) is 2.89. The summed E-state index contributed by atoms with van der Waals surface area (Å²) in [5.74, 6) is -0.270. The summed E-state index contributed by atoms with van der Waals surface area (Å²) >= 11 is 9.74. The second-order valence-electron chi connectivity index (χ2n) is 2.74. The highest BCUT2D eigenvalue weighted by Gasteiger charge is 2.10. The van der Waals surface area contributed by atoms with E-state index in [-0.39, 0.29) is 5.82 Å². The Morgan fingerprint density at radius 1 is 1.46 bits per heavy atom. The van der Waals surface area contributed by atoms with Crippen LogP contribution in [0.15, 0.2) is 12.1 Å². The topological polar surface area (TPSA) is 0 Å². The van der Waals surface area contributed by atoms with Gasteiger partial charge in [0.25, 0.3) is 0 Å². The van der Waals surface area contributed by atoms with Gasteiger partial charge in [0.2, 0.25) is 0 Å². The van der Waals surface area contributed by atoms with Crippen LogP contribution in [-0.4, -0.2) is 0 Å². The van der Waals surface area contributed by atoms with E-state index >= 15 is 0 Å². The van der Waals surface area contributed by atoms with Crippen LogP contribution in [-0.2, 0) is 0 Å². The molecule has 4 heteroatoms. The summed E-state index contributed by atoms with van der Waals surface area (Å²) in [7, 11) is 0. The second kappa shape index (κ2) is 3.37. The molecule has 1 aromatic heterocycles. The lowest BCUT2D eigenvalue weighted by molar-refractivity contribution is 0.630. The number of thiophene rings is 1. The van der Waals surface area contributed by atoms with Gasteiger partial charge in [-0.05, 0) is 41.6 Å². The molecule has 1 heterocycles. The molecule has 2 aromatic rings. The van der Waals surface area contributed by atoms with Gasteiger partial charge in [0, 0.05) is 13.8 Å². The molecule has 0 bridgehead atoms. The van der Waals surface area contributed by atoms with Crippen molar-refractivity contribution in [3.63, 3.8) is 0 Å². The molecule has 0 radical (unpaired) electrons. The van der Waals surface area contributed by atoms with Gasteiger partial charge < -0.3 is 0 Å². The van der Waals surface area contributed by atoms with Crippen molar-refractivity contribution in [1.29, 1.82) is 0 Å². The highest BCUT2D eigenvalue weighted by Crippen LogP contribution is 2.36. The van der Waals surface area contributed by atoms with Crippen molar-refractivity contribution in [3.8, 4) is 0 Å². The zero-order valence-corrected chi connectivity index (χ0v) is 10.4. The predicted octanol–water partition coefficient (Wildman–Crippen LogP) is 4.61. The summed E-state index contributed by atoms with van der Waals surface area (Å²) in [6.07, 6.45) is 0. The Hall–Kier alpha value is 0.130. The number of hydrogen-bond donors (Lipinski definition) is 0. The average Bonchev–Trinajstić information content (AvgIpc) is 2.32. The molecule has 0 aliphatic rings. The Kier molecular flexibility index (Phi) is 2.51. The van der Waals surface area contributed by atoms with Gasteiger partial charge in [-0.25, -0.2) is 4.39 Å². The molecule has 68 valence electrons. The van der Waals surface area contributed by atoms with E-state index in [4.69, 9.17) is 11.6 Å². The standard InChI is InChI=1S/C9H5ClFIS/c1-4-8(12)6-2-5(11)3-7(10)9(6)13-4/h2-3H,1H3. The molecule has 0 N–H and O–H groups in total. The van der Waals surface area contributed by atoms with Gasteiger partial charge in [-0.15, -0.1) is 11.3 Å². The number of benzene rings is 1. The van der Waals surface area contributed by atoms with Crippen LogP contribution in [0.1, 0.15) is 4.88 Å². The van der Waals surface area contributed by atoms with Crippen molar-refractivity contribution in [1.82, 2.24) is 0 Å². The molecule has 0 fully saturated rings. The first-order valence-corrected chi connectivity index (χ1v) is 5.90. The molecule has 0 saturated carbocycles. The molecule has 2 rings (SSSR count). The first-order chi connectivity index (χ1) is 6.09. The van der Waals surface area contributed by atoms with Crippen LogP contribution in [0.3, 0.4) is 0 Å². The van der Waals surface area contributed by atoms with E-state index < -0.39 is 0 Å². The minimum Gasteiger partial charge on any atom is -0.207 e. The largest absolute Gasteiger partial charge is 0.207 e. The van der Waals surface area contributed by atoms with E-state index in [1.165, 1.54) is 17.0 Å². The zero-order chi connectivity index (χ0) is 9.59. The van der Waals surface area contributed by atoms with Crippen LogP contribution in [0, 0.1) is 16.3 Å². The summed E-state index contributed by atoms with van der Waals surface area (Å²) in [6.45, 7) is 2.01. The number of aryl methyl sites for hydroxylation is 1. The lowest BCUT2D eigenvalue weighted by Gasteiger charge is -1.94. The van der Waals surface area contributed by atoms with Crippen molar-refractivity contribution < 1.29 is 4.39 Å². The third kappa shape index (κ3) is 1.57. The maximum absolute atomic E-state index is 13.0. The summed E-state index contributed by atoms with van der Waals surface area (Å²) in [4.78, 5) is 1.18. The van der Waals surface area contributed by atoms with Crippen molar-refractivity contribution in [2.45, 2.75) is 6.92 Å². The molecule has 0 atom stereocenters. The van der Waals surface area contributed by atoms with Gasteiger partial charge in [0.05, 0.1) is 9.72 Å². The summed E-state index contributed by atoms with van der Waals surface area (Å²) in [5.41, 5.74) is 0. The monoisotopic (exact) mass is 326 g/mol. The van der Waals surface area contributed by atoms with Gasteiger partial charge in [0.15, 0.2) is 0 Å². The molecule has 0 nitrogen and oxygen atoms in total. The van der Waals surface area contributed by atoms with Gasteiger partial charge in [-0.3, -0.25) is 0 Å². The fraction of sp³-hybridized carbons (Fsp3) is 0.111. The minimum absolute atomic E-state index is 0.270. The average molecular weight is 327 g/mol. The quantitative estimate of drug-likeness (QED) is 0.620. The molecule has 0 aliphatic carbocycles. The first kappa shape index (κ1) is 9.68. The fourth-order valence-electron chi connectivity index (χ4n) is 1.21. The van der Waals surface area contributed by atoms with Crippen LogP contribution in [0.25, 0.3) is 10.1 Å². The lowest BCUT2D eigenvalue weighted by Crippen LogP contribution is -1.75. The van der Waals surface area contributed by atoms with Gasteiger partial charge >= 0.3 is 0 Å². The van der Waals surface area contributed by atoms with Crippen LogP contribution in [0.2, 0.25) is 5.02 Å². The lowest BCUT2D eigenvalue weighted by atomic mass is 10.2. The summed E-state index contributed by atoms with van der Waals surface area (Å²) < 4.78 is 15.1. The smallest absolute Gasteiger partial charge is 0.125 e. The van der Waals surface area contributed by atoms with E-state index in [9.17, 15) is 4.39 Å². The van der Waals surface area contributed by atoms with E-state index in [0.717, 1.165) is 13.7 Å². The zero-order valence-electron chi connectivity index (χ0n) is 6.70. The molecular weight excluding hydrogens is 322 g/mol. The highest BCUT2D eigenvalue weighted by molar-refractivity contribution is 14.1. The van der Waals surface area contributed by atoms with E-state index in [1.807, 2.05) is 6.92 Å². The fourth-order valence-corrected chi connectivity index (χ4v) is 3.41. The second-order valence-corrected chi connectivity index (χ2v) is 5.45. The van der Waals surface area contributed by atoms with Crippen LogP contribution >= 0.6 is 45.5 Å². The van der Waals surface area contributed by atoms with Crippen molar-refractivity contribution in [2.75, 3.05) is 0 Å². The molecule has 0 unspecified atom stereocenters. The van der Waals surface area contributed by atoms with Crippen molar-refractivity contribution >= 4 is 55.6 Å². The van der Waals surface area contributed by atoms with Crippen LogP contribution in [0.4, 0.5) is 4.39 Å². The number of halogens is 3.